The zero-order chi connectivity index (χ0) is 24.7. The fraction of sp³-hybridized carbons (Fsp3) is 0.560. The van der Waals surface area contributed by atoms with Gasteiger partial charge in [0.1, 0.15) is 17.6 Å². The van der Waals surface area contributed by atoms with Crippen LogP contribution in [-0.2, 0) is 23.9 Å². The molecule has 9 heteroatoms. The number of hydrogen-bond donors (Lipinski definition) is 1. The second-order valence-corrected chi connectivity index (χ2v) is 9.49. The highest BCUT2D eigenvalue weighted by atomic mass is 35.5. The molecule has 2 bridgehead atoms. The summed E-state index contributed by atoms with van der Waals surface area (Å²) in [5, 5.41) is 10.3. The Morgan fingerprint density at radius 3 is 2.62 bits per heavy atom. The number of hydrogen-bond acceptors (Lipinski definition) is 6. The first kappa shape index (κ1) is 24.7. The van der Waals surface area contributed by atoms with E-state index >= 15 is 0 Å². The van der Waals surface area contributed by atoms with Crippen molar-refractivity contribution in [1.29, 1.82) is 0 Å². The lowest BCUT2D eigenvalue weighted by atomic mass is 9.65. The molecule has 3 aliphatic heterocycles. The Bertz CT molecular complexity index is 984. The molecule has 5 atom stereocenters. The van der Waals surface area contributed by atoms with Crippen LogP contribution in [0.1, 0.15) is 33.1 Å². The van der Waals surface area contributed by atoms with Crippen molar-refractivity contribution in [2.45, 2.75) is 50.4 Å². The number of ether oxygens (including phenoxy) is 2. The summed E-state index contributed by atoms with van der Waals surface area (Å²) in [5.41, 5.74) is -1.41. The lowest BCUT2D eigenvalue weighted by Gasteiger charge is -2.36. The number of halogens is 1. The summed E-state index contributed by atoms with van der Waals surface area (Å²) >= 11 is 6.04. The topological polar surface area (TPSA) is 96.4 Å². The van der Waals surface area contributed by atoms with Crippen molar-refractivity contribution in [2.24, 2.45) is 11.8 Å². The van der Waals surface area contributed by atoms with E-state index in [0.717, 1.165) is 0 Å². The summed E-state index contributed by atoms with van der Waals surface area (Å²) < 4.78 is 12.0. The molecular formula is C25H31ClN2O6. The van der Waals surface area contributed by atoms with Crippen LogP contribution in [0.2, 0.25) is 5.02 Å². The zero-order valence-electron chi connectivity index (χ0n) is 19.5. The van der Waals surface area contributed by atoms with Crippen LogP contribution < -0.4 is 4.90 Å². The number of fused-ring (bicyclic) bond motifs is 1. The van der Waals surface area contributed by atoms with Crippen LogP contribution >= 0.6 is 11.6 Å². The van der Waals surface area contributed by atoms with Crippen LogP contribution in [0.25, 0.3) is 0 Å². The van der Waals surface area contributed by atoms with Gasteiger partial charge < -0.3 is 24.4 Å². The molecule has 0 aliphatic carbocycles. The van der Waals surface area contributed by atoms with E-state index in [1.165, 1.54) is 9.80 Å². The molecule has 8 nitrogen and oxygen atoms in total. The van der Waals surface area contributed by atoms with Crippen molar-refractivity contribution in [2.75, 3.05) is 31.2 Å². The molecule has 1 spiro atoms. The molecule has 0 saturated carbocycles. The van der Waals surface area contributed by atoms with Crippen molar-refractivity contribution in [3.63, 3.8) is 0 Å². The lowest BCUT2D eigenvalue weighted by molar-refractivity contribution is -0.160. The Morgan fingerprint density at radius 2 is 2.03 bits per heavy atom. The van der Waals surface area contributed by atoms with Gasteiger partial charge in [-0.1, -0.05) is 24.6 Å². The second kappa shape index (κ2) is 9.32. The summed E-state index contributed by atoms with van der Waals surface area (Å²) in [5.74, 6) is -2.79. The third kappa shape index (κ3) is 3.54. The van der Waals surface area contributed by atoms with Gasteiger partial charge in [-0.2, -0.15) is 0 Å². The number of benzene rings is 1. The van der Waals surface area contributed by atoms with E-state index in [4.69, 9.17) is 21.1 Å². The molecule has 1 aromatic carbocycles. The minimum atomic E-state index is -1.16. The monoisotopic (exact) mass is 490 g/mol. The number of carbonyl (C=O) groups is 3. The molecule has 0 radical (unpaired) electrons. The second-order valence-electron chi connectivity index (χ2n) is 9.05. The van der Waals surface area contributed by atoms with Gasteiger partial charge >= 0.3 is 5.97 Å². The largest absolute Gasteiger partial charge is 0.466 e. The van der Waals surface area contributed by atoms with Gasteiger partial charge in [0.25, 0.3) is 5.91 Å². The normalized spacial score (nSPS) is 31.5. The van der Waals surface area contributed by atoms with E-state index in [0.29, 0.717) is 30.0 Å². The smallest absolute Gasteiger partial charge is 0.312 e. The number of amides is 2. The summed E-state index contributed by atoms with van der Waals surface area (Å²) in [6, 6.07) is 5.85. The van der Waals surface area contributed by atoms with E-state index < -0.39 is 35.0 Å². The number of likely N-dealkylation sites (tertiary alicyclic amines) is 1. The highest BCUT2D eigenvalue weighted by Gasteiger charge is 2.79. The van der Waals surface area contributed by atoms with Crippen molar-refractivity contribution >= 4 is 35.1 Å². The highest BCUT2D eigenvalue weighted by Crippen LogP contribution is 2.64. The predicted octanol–water partition coefficient (Wildman–Crippen LogP) is 2.57. The molecule has 2 amide bonds. The Labute approximate surface area is 204 Å². The van der Waals surface area contributed by atoms with E-state index in [9.17, 15) is 19.5 Å². The first-order valence-corrected chi connectivity index (χ1v) is 12.1. The molecule has 184 valence electrons. The Hall–Kier alpha value is -2.42. The highest BCUT2D eigenvalue weighted by molar-refractivity contribution is 6.30. The van der Waals surface area contributed by atoms with Crippen LogP contribution in [0.5, 0.6) is 0 Å². The van der Waals surface area contributed by atoms with Gasteiger partial charge in [-0.25, -0.2) is 0 Å². The maximum atomic E-state index is 14.1. The van der Waals surface area contributed by atoms with Crippen molar-refractivity contribution < 1.29 is 29.0 Å². The van der Waals surface area contributed by atoms with Gasteiger partial charge in [0.05, 0.1) is 24.7 Å². The molecule has 2 unspecified atom stereocenters. The van der Waals surface area contributed by atoms with Crippen LogP contribution in [0.4, 0.5) is 5.69 Å². The van der Waals surface area contributed by atoms with Gasteiger partial charge in [-0.3, -0.25) is 14.4 Å². The number of anilines is 1. The molecule has 1 aromatic rings. The SMILES string of the molecule is C=CCN(C(=O)C1N(CCO)C(=O)[C@@H]2[C@@H](C(=O)OCC)[C@@]3(CC)CCC12O3)c1ccc(Cl)cc1. The molecule has 34 heavy (non-hydrogen) atoms. The number of aliphatic hydroxyl groups is 1. The van der Waals surface area contributed by atoms with Gasteiger partial charge in [0.2, 0.25) is 5.91 Å². The van der Waals surface area contributed by atoms with Crippen molar-refractivity contribution in [3.05, 3.63) is 41.9 Å². The third-order valence-corrected chi connectivity index (χ3v) is 7.76. The van der Waals surface area contributed by atoms with Gasteiger partial charge in [0, 0.05) is 23.8 Å². The standard InChI is InChI=1S/C25H31ClN2O6/c1-4-13-27(17-9-7-16(26)8-10-17)22(31)20-25-12-11-24(5-2,34-25)19(23(32)33-6-3)18(25)21(30)28(20)14-15-29/h4,7-10,18-20,29H,1,5-6,11-15H2,2-3H3/t18-,19-,20?,24+,25?/m0/s1. The quantitative estimate of drug-likeness (QED) is 0.422. The molecule has 4 rings (SSSR count). The minimum Gasteiger partial charge on any atom is -0.466 e. The molecule has 3 heterocycles. The summed E-state index contributed by atoms with van der Waals surface area (Å²) in [4.78, 5) is 43.9. The number of β-amino-alcohol motifs (C(OH)–C–C–N with tert-alkyl or cyclic N) is 1. The number of rotatable bonds is 9. The first-order valence-electron chi connectivity index (χ1n) is 11.8. The minimum absolute atomic E-state index is 0.0337. The van der Waals surface area contributed by atoms with E-state index in [1.54, 1.807) is 37.3 Å². The average molecular weight is 491 g/mol. The molecule has 1 N–H and O–H groups in total. The van der Waals surface area contributed by atoms with E-state index in [2.05, 4.69) is 6.58 Å². The average Bonchev–Trinajstić information content (AvgIpc) is 3.42. The van der Waals surface area contributed by atoms with Crippen LogP contribution in [0.3, 0.4) is 0 Å². The summed E-state index contributed by atoms with van der Waals surface area (Å²) in [7, 11) is 0. The Kier molecular flexibility index (Phi) is 6.77. The van der Waals surface area contributed by atoms with Crippen molar-refractivity contribution in [1.82, 2.24) is 4.90 Å². The third-order valence-electron chi connectivity index (χ3n) is 7.51. The summed E-state index contributed by atoms with van der Waals surface area (Å²) in [6.07, 6.45) is 3.15. The number of nitrogens with zero attached hydrogens (tertiary/aromatic N) is 2. The molecule has 3 fully saturated rings. The zero-order valence-corrected chi connectivity index (χ0v) is 20.3. The Morgan fingerprint density at radius 1 is 1.32 bits per heavy atom. The van der Waals surface area contributed by atoms with Crippen LogP contribution in [-0.4, -0.2) is 71.3 Å². The molecule has 3 saturated heterocycles. The fourth-order valence-electron chi connectivity index (χ4n) is 6.16. The first-order chi connectivity index (χ1) is 16.3. The fourth-order valence-corrected chi connectivity index (χ4v) is 6.28. The number of carbonyl (C=O) groups excluding carboxylic acids is 3. The van der Waals surface area contributed by atoms with Gasteiger partial charge in [-0.15, -0.1) is 6.58 Å². The van der Waals surface area contributed by atoms with Gasteiger partial charge in [0.15, 0.2) is 0 Å². The van der Waals surface area contributed by atoms with Crippen LogP contribution in [0.15, 0.2) is 36.9 Å². The number of esters is 1. The summed E-state index contributed by atoms with van der Waals surface area (Å²) in [6.45, 7) is 7.48. The molecular weight excluding hydrogens is 460 g/mol. The van der Waals surface area contributed by atoms with E-state index in [-0.39, 0.29) is 38.1 Å². The lowest BCUT2D eigenvalue weighted by Crippen LogP contribution is -2.56. The Balaban J connectivity index is 1.80. The van der Waals surface area contributed by atoms with E-state index in [1.807, 2.05) is 6.92 Å². The van der Waals surface area contributed by atoms with Gasteiger partial charge in [-0.05, 0) is 50.5 Å². The maximum absolute atomic E-state index is 14.1. The number of aliphatic hydroxyl groups excluding tert-OH is 1. The van der Waals surface area contributed by atoms with Crippen molar-refractivity contribution in [3.8, 4) is 0 Å². The molecule has 0 aromatic heterocycles. The van der Waals surface area contributed by atoms with Crippen LogP contribution in [0, 0.1) is 11.8 Å². The maximum Gasteiger partial charge on any atom is 0.312 e. The molecule has 3 aliphatic rings. The predicted molar refractivity (Wildman–Crippen MR) is 126 cm³/mol.